The number of anilines is 2. The van der Waals surface area contributed by atoms with Gasteiger partial charge in [-0.05, 0) is 31.0 Å². The van der Waals surface area contributed by atoms with Crippen molar-refractivity contribution in [2.24, 2.45) is 0 Å². The third-order valence-electron chi connectivity index (χ3n) is 2.90. The Labute approximate surface area is 106 Å². The van der Waals surface area contributed by atoms with Gasteiger partial charge in [0.25, 0.3) is 0 Å². The molecule has 0 unspecified atom stereocenters. The molecule has 5 nitrogen and oxygen atoms in total. The van der Waals surface area contributed by atoms with Crippen molar-refractivity contribution in [1.82, 2.24) is 4.31 Å². The SMILES string of the molecule is Nc1cc(NS(=O)(=O)N2CCCCC2)ccc1F. The van der Waals surface area contributed by atoms with Crippen LogP contribution in [0.4, 0.5) is 15.8 Å². The summed E-state index contributed by atoms with van der Waals surface area (Å²) in [5.41, 5.74) is 5.60. The lowest BCUT2D eigenvalue weighted by Gasteiger charge is -2.26. The second kappa shape index (κ2) is 5.11. The van der Waals surface area contributed by atoms with Gasteiger partial charge in [0.1, 0.15) is 5.82 Å². The fourth-order valence-corrected chi connectivity index (χ4v) is 3.22. The van der Waals surface area contributed by atoms with Crippen molar-refractivity contribution < 1.29 is 12.8 Å². The van der Waals surface area contributed by atoms with Crippen molar-refractivity contribution in [3.05, 3.63) is 24.0 Å². The second-order valence-corrected chi connectivity index (χ2v) is 5.97. The van der Waals surface area contributed by atoms with E-state index in [-0.39, 0.29) is 11.4 Å². The van der Waals surface area contributed by atoms with E-state index in [2.05, 4.69) is 4.72 Å². The summed E-state index contributed by atoms with van der Waals surface area (Å²) in [4.78, 5) is 0. The van der Waals surface area contributed by atoms with Gasteiger partial charge >= 0.3 is 10.2 Å². The monoisotopic (exact) mass is 273 g/mol. The average molecular weight is 273 g/mol. The molecule has 3 N–H and O–H groups in total. The van der Waals surface area contributed by atoms with E-state index in [1.165, 1.54) is 16.4 Å². The lowest BCUT2D eigenvalue weighted by Crippen LogP contribution is -2.39. The lowest BCUT2D eigenvalue weighted by atomic mass is 10.2. The molecule has 2 rings (SSSR count). The summed E-state index contributed by atoms with van der Waals surface area (Å²) in [6, 6.07) is 3.77. The Morgan fingerprint density at radius 1 is 1.22 bits per heavy atom. The highest BCUT2D eigenvalue weighted by molar-refractivity contribution is 7.90. The largest absolute Gasteiger partial charge is 0.396 e. The molecule has 0 bridgehead atoms. The Kier molecular flexibility index (Phi) is 3.72. The molecule has 1 aliphatic rings. The number of nitrogens with zero attached hydrogens (tertiary/aromatic N) is 1. The topological polar surface area (TPSA) is 75.4 Å². The third-order valence-corrected chi connectivity index (χ3v) is 4.44. The highest BCUT2D eigenvalue weighted by Gasteiger charge is 2.23. The number of halogens is 1. The van der Waals surface area contributed by atoms with E-state index in [1.807, 2.05) is 0 Å². The number of nitrogen functional groups attached to an aromatic ring is 1. The molecule has 0 radical (unpaired) electrons. The van der Waals surface area contributed by atoms with Crippen LogP contribution in [-0.4, -0.2) is 25.8 Å². The van der Waals surface area contributed by atoms with Gasteiger partial charge in [-0.2, -0.15) is 12.7 Å². The first-order chi connectivity index (χ1) is 8.49. The molecule has 18 heavy (non-hydrogen) atoms. The van der Waals surface area contributed by atoms with Crippen LogP contribution in [-0.2, 0) is 10.2 Å². The number of benzene rings is 1. The Morgan fingerprint density at radius 2 is 1.89 bits per heavy atom. The molecule has 0 spiro atoms. The van der Waals surface area contributed by atoms with E-state index >= 15 is 0 Å². The van der Waals surface area contributed by atoms with Crippen molar-refractivity contribution in [3.8, 4) is 0 Å². The van der Waals surface area contributed by atoms with Gasteiger partial charge in [-0.3, -0.25) is 4.72 Å². The summed E-state index contributed by atoms with van der Waals surface area (Å²) in [7, 11) is -3.56. The molecule has 1 aromatic rings. The Balaban J connectivity index is 2.13. The van der Waals surface area contributed by atoms with E-state index in [9.17, 15) is 12.8 Å². The zero-order valence-corrected chi connectivity index (χ0v) is 10.7. The van der Waals surface area contributed by atoms with E-state index < -0.39 is 16.0 Å². The Hall–Kier alpha value is -1.34. The number of piperidine rings is 1. The summed E-state index contributed by atoms with van der Waals surface area (Å²) in [6.07, 6.45) is 2.79. The zero-order chi connectivity index (χ0) is 13.2. The van der Waals surface area contributed by atoms with Crippen LogP contribution in [0.15, 0.2) is 18.2 Å². The number of nitrogens with one attached hydrogen (secondary N) is 1. The standard InChI is InChI=1S/C11H16FN3O2S/c12-10-5-4-9(8-11(10)13)14-18(16,17)15-6-2-1-3-7-15/h4-5,8,14H,1-3,6-7,13H2. The van der Waals surface area contributed by atoms with Gasteiger partial charge in [-0.1, -0.05) is 6.42 Å². The fraction of sp³-hybridized carbons (Fsp3) is 0.455. The van der Waals surface area contributed by atoms with Crippen molar-refractivity contribution in [1.29, 1.82) is 0 Å². The second-order valence-electron chi connectivity index (χ2n) is 4.30. The zero-order valence-electron chi connectivity index (χ0n) is 9.89. The van der Waals surface area contributed by atoms with Crippen LogP contribution in [0.2, 0.25) is 0 Å². The molecule has 1 heterocycles. The summed E-state index contributed by atoms with van der Waals surface area (Å²) >= 11 is 0. The number of nitrogens with two attached hydrogens (primary N) is 1. The highest BCUT2D eigenvalue weighted by atomic mass is 32.2. The van der Waals surface area contributed by atoms with Crippen LogP contribution in [0.5, 0.6) is 0 Å². The van der Waals surface area contributed by atoms with Crippen molar-refractivity contribution in [3.63, 3.8) is 0 Å². The number of rotatable bonds is 3. The molecule has 1 fully saturated rings. The molecule has 1 aliphatic heterocycles. The van der Waals surface area contributed by atoms with Gasteiger partial charge in [-0.25, -0.2) is 4.39 Å². The molecule has 100 valence electrons. The van der Waals surface area contributed by atoms with Gasteiger partial charge in [0.05, 0.1) is 11.4 Å². The van der Waals surface area contributed by atoms with Crippen molar-refractivity contribution in [2.45, 2.75) is 19.3 Å². The molecule has 7 heteroatoms. The smallest absolute Gasteiger partial charge is 0.301 e. The van der Waals surface area contributed by atoms with Gasteiger partial charge < -0.3 is 5.73 Å². The molecule has 0 amide bonds. The maximum absolute atomic E-state index is 13.0. The van der Waals surface area contributed by atoms with Crippen molar-refractivity contribution in [2.75, 3.05) is 23.5 Å². The Bertz CT molecular complexity index is 527. The van der Waals surface area contributed by atoms with Crippen LogP contribution in [0, 0.1) is 5.82 Å². The quantitative estimate of drug-likeness (QED) is 0.820. The third kappa shape index (κ3) is 2.91. The summed E-state index contributed by atoms with van der Waals surface area (Å²) in [5.74, 6) is -0.559. The average Bonchev–Trinajstić information content (AvgIpc) is 2.35. The van der Waals surface area contributed by atoms with E-state index in [0.717, 1.165) is 25.3 Å². The first kappa shape index (κ1) is 13.1. The number of hydrogen-bond donors (Lipinski definition) is 2. The van der Waals surface area contributed by atoms with Gasteiger partial charge in [0.15, 0.2) is 0 Å². The molecular weight excluding hydrogens is 257 g/mol. The molecule has 1 aromatic carbocycles. The lowest BCUT2D eigenvalue weighted by molar-refractivity contribution is 0.349. The molecule has 0 aromatic heterocycles. The predicted molar refractivity (Wildman–Crippen MR) is 68.8 cm³/mol. The van der Waals surface area contributed by atoms with E-state index in [1.54, 1.807) is 0 Å². The molecule has 0 saturated carbocycles. The van der Waals surface area contributed by atoms with Gasteiger partial charge in [-0.15, -0.1) is 0 Å². The van der Waals surface area contributed by atoms with Gasteiger partial charge in [0.2, 0.25) is 0 Å². The Morgan fingerprint density at radius 3 is 2.50 bits per heavy atom. The predicted octanol–water partition coefficient (Wildman–Crippen LogP) is 1.55. The minimum Gasteiger partial charge on any atom is -0.396 e. The molecule has 1 saturated heterocycles. The maximum atomic E-state index is 13.0. The van der Waals surface area contributed by atoms with Gasteiger partial charge in [0, 0.05) is 13.1 Å². The van der Waals surface area contributed by atoms with Crippen LogP contribution in [0.3, 0.4) is 0 Å². The fourth-order valence-electron chi connectivity index (χ4n) is 1.93. The minimum absolute atomic E-state index is 0.0751. The molecule has 0 atom stereocenters. The van der Waals surface area contributed by atoms with E-state index in [0.29, 0.717) is 13.1 Å². The highest BCUT2D eigenvalue weighted by Crippen LogP contribution is 2.20. The maximum Gasteiger partial charge on any atom is 0.301 e. The normalized spacial score (nSPS) is 17.6. The van der Waals surface area contributed by atoms with Crippen LogP contribution in [0.25, 0.3) is 0 Å². The minimum atomic E-state index is -3.56. The first-order valence-corrected chi connectivity index (χ1v) is 7.26. The molecular formula is C11H16FN3O2S. The van der Waals surface area contributed by atoms with Crippen LogP contribution >= 0.6 is 0 Å². The summed E-state index contributed by atoms with van der Waals surface area (Å²) in [6.45, 7) is 1.04. The summed E-state index contributed by atoms with van der Waals surface area (Å²) < 4.78 is 40.8. The number of hydrogen-bond acceptors (Lipinski definition) is 3. The van der Waals surface area contributed by atoms with Crippen LogP contribution in [0.1, 0.15) is 19.3 Å². The van der Waals surface area contributed by atoms with Crippen molar-refractivity contribution >= 4 is 21.6 Å². The summed E-state index contributed by atoms with van der Waals surface area (Å²) in [5, 5.41) is 0. The van der Waals surface area contributed by atoms with E-state index in [4.69, 9.17) is 5.73 Å². The first-order valence-electron chi connectivity index (χ1n) is 5.82. The molecule has 0 aliphatic carbocycles. The van der Waals surface area contributed by atoms with Crippen LogP contribution < -0.4 is 10.5 Å².